The number of carbonyl (C=O) groups is 1. The van der Waals surface area contributed by atoms with Gasteiger partial charge in [-0.2, -0.15) is 0 Å². The van der Waals surface area contributed by atoms with Gasteiger partial charge in [0.15, 0.2) is 9.84 Å². The first kappa shape index (κ1) is 14.5. The minimum Gasteiger partial charge on any atom is -0.324 e. The monoisotopic (exact) mass is 308 g/mol. The Morgan fingerprint density at radius 1 is 1.19 bits per heavy atom. The maximum Gasteiger partial charge on any atom is 0.241 e. The van der Waals surface area contributed by atoms with Crippen molar-refractivity contribution in [3.8, 4) is 0 Å². The van der Waals surface area contributed by atoms with E-state index in [1.807, 2.05) is 24.3 Å². The van der Waals surface area contributed by atoms with Crippen molar-refractivity contribution in [3.05, 3.63) is 29.8 Å². The second kappa shape index (κ2) is 5.77. The molecule has 3 rings (SSSR count). The van der Waals surface area contributed by atoms with Crippen LogP contribution in [0.2, 0.25) is 0 Å². The van der Waals surface area contributed by atoms with Gasteiger partial charge in [0, 0.05) is 11.7 Å². The Labute approximate surface area is 125 Å². The summed E-state index contributed by atoms with van der Waals surface area (Å²) in [6.07, 6.45) is 3.00. The predicted molar refractivity (Wildman–Crippen MR) is 82.0 cm³/mol. The molecule has 1 aromatic rings. The largest absolute Gasteiger partial charge is 0.324 e. The number of benzene rings is 1. The zero-order valence-electron chi connectivity index (χ0n) is 11.8. The molecule has 2 aliphatic heterocycles. The summed E-state index contributed by atoms with van der Waals surface area (Å²) in [5.74, 6) is 0.347. The number of hydrogen-bond donors (Lipinski definition) is 2. The van der Waals surface area contributed by atoms with Gasteiger partial charge in [-0.1, -0.05) is 18.2 Å². The summed E-state index contributed by atoms with van der Waals surface area (Å²) in [5, 5.41) is 6.18. The van der Waals surface area contributed by atoms with Crippen molar-refractivity contribution in [1.82, 2.24) is 5.32 Å². The minimum atomic E-state index is -2.96. The highest BCUT2D eigenvalue weighted by Gasteiger charge is 2.30. The molecule has 2 heterocycles. The van der Waals surface area contributed by atoms with E-state index < -0.39 is 9.84 Å². The second-order valence-electron chi connectivity index (χ2n) is 5.86. The van der Waals surface area contributed by atoms with Crippen LogP contribution in [0.15, 0.2) is 24.3 Å². The van der Waals surface area contributed by atoms with Crippen molar-refractivity contribution in [2.75, 3.05) is 16.8 Å². The van der Waals surface area contributed by atoms with Crippen LogP contribution in [-0.2, 0) is 21.1 Å². The van der Waals surface area contributed by atoms with Gasteiger partial charge < -0.3 is 10.6 Å². The lowest BCUT2D eigenvalue weighted by atomic mass is 10.0. The van der Waals surface area contributed by atoms with E-state index in [-0.39, 0.29) is 29.5 Å². The van der Waals surface area contributed by atoms with Gasteiger partial charge in [0.2, 0.25) is 5.91 Å². The Morgan fingerprint density at radius 2 is 2.00 bits per heavy atom. The van der Waals surface area contributed by atoms with Gasteiger partial charge in [0.05, 0.1) is 17.5 Å². The highest BCUT2D eigenvalue weighted by atomic mass is 32.2. The molecule has 1 aromatic carbocycles. The number of amides is 1. The molecule has 2 unspecified atom stereocenters. The van der Waals surface area contributed by atoms with Gasteiger partial charge >= 0.3 is 0 Å². The van der Waals surface area contributed by atoms with E-state index >= 15 is 0 Å². The average molecular weight is 308 g/mol. The topological polar surface area (TPSA) is 75.3 Å². The molecule has 0 aliphatic carbocycles. The predicted octanol–water partition coefficient (Wildman–Crippen LogP) is 1.11. The fraction of sp³-hybridized carbons (Fsp3) is 0.533. The van der Waals surface area contributed by atoms with Crippen LogP contribution < -0.4 is 10.6 Å². The van der Waals surface area contributed by atoms with E-state index in [1.165, 1.54) is 0 Å². The van der Waals surface area contributed by atoms with Crippen LogP contribution >= 0.6 is 0 Å². The second-order valence-corrected chi connectivity index (χ2v) is 8.09. The number of aryl methyl sites for hydroxylation is 1. The molecule has 2 aliphatic rings. The minimum absolute atomic E-state index is 0.0667. The molecular formula is C15H20N2O3S. The number of fused-ring (bicyclic) bond motifs is 1. The van der Waals surface area contributed by atoms with Crippen LogP contribution in [-0.4, -0.2) is 37.9 Å². The van der Waals surface area contributed by atoms with Gasteiger partial charge in [0.1, 0.15) is 0 Å². The third kappa shape index (κ3) is 3.44. The van der Waals surface area contributed by atoms with Crippen LogP contribution in [0, 0.1) is 0 Å². The third-order valence-corrected chi connectivity index (χ3v) is 6.01. The molecule has 5 nitrogen and oxygen atoms in total. The number of para-hydroxylation sites is 1. The van der Waals surface area contributed by atoms with Gasteiger partial charge in [-0.05, 0) is 37.3 Å². The van der Waals surface area contributed by atoms with E-state index in [0.717, 1.165) is 24.1 Å². The van der Waals surface area contributed by atoms with Gasteiger partial charge in [0.25, 0.3) is 0 Å². The summed E-state index contributed by atoms with van der Waals surface area (Å²) in [4.78, 5) is 12.3. The van der Waals surface area contributed by atoms with Crippen molar-refractivity contribution in [1.29, 1.82) is 0 Å². The summed E-state index contributed by atoms with van der Waals surface area (Å²) < 4.78 is 23.4. The van der Waals surface area contributed by atoms with Crippen molar-refractivity contribution in [2.24, 2.45) is 0 Å². The maximum absolute atomic E-state index is 12.3. The van der Waals surface area contributed by atoms with Crippen LogP contribution in [0.5, 0.6) is 0 Å². The van der Waals surface area contributed by atoms with Gasteiger partial charge in [-0.15, -0.1) is 0 Å². The summed E-state index contributed by atoms with van der Waals surface area (Å²) in [6.45, 7) is 0. The third-order valence-electron chi connectivity index (χ3n) is 4.19. The number of rotatable bonds is 2. The number of anilines is 1. The quantitative estimate of drug-likeness (QED) is 0.858. The van der Waals surface area contributed by atoms with E-state index in [0.29, 0.717) is 12.8 Å². The molecule has 0 spiro atoms. The highest BCUT2D eigenvalue weighted by molar-refractivity contribution is 7.91. The first-order valence-corrected chi connectivity index (χ1v) is 9.21. The highest BCUT2D eigenvalue weighted by Crippen LogP contribution is 2.22. The van der Waals surface area contributed by atoms with Gasteiger partial charge in [-0.3, -0.25) is 4.79 Å². The van der Waals surface area contributed by atoms with Crippen LogP contribution in [0.3, 0.4) is 0 Å². The molecule has 21 heavy (non-hydrogen) atoms. The normalized spacial score (nSPS) is 28.3. The lowest BCUT2D eigenvalue weighted by molar-refractivity contribution is -0.118. The standard InChI is InChI=1S/C15H20N2O3S/c18-15-14(16-12-5-3-9-21(19,20)10-12)8-7-11-4-1-2-6-13(11)17-15/h1-2,4,6,12,14,16H,3,5,7-10H2,(H,17,18). The Hall–Kier alpha value is -1.40. The molecule has 1 fully saturated rings. The lowest BCUT2D eigenvalue weighted by Crippen LogP contribution is -2.49. The van der Waals surface area contributed by atoms with E-state index in [4.69, 9.17) is 0 Å². The van der Waals surface area contributed by atoms with Crippen molar-refractivity contribution < 1.29 is 13.2 Å². The smallest absolute Gasteiger partial charge is 0.241 e. The Balaban J connectivity index is 1.69. The van der Waals surface area contributed by atoms with E-state index in [9.17, 15) is 13.2 Å². The molecule has 114 valence electrons. The summed E-state index contributed by atoms with van der Waals surface area (Å²) >= 11 is 0. The fourth-order valence-corrected chi connectivity index (χ4v) is 4.76. The molecule has 0 radical (unpaired) electrons. The molecular weight excluding hydrogens is 288 g/mol. The first-order chi connectivity index (χ1) is 10.0. The SMILES string of the molecule is O=C1Nc2ccccc2CCC1NC1CCCS(=O)(=O)C1. The zero-order valence-corrected chi connectivity index (χ0v) is 12.7. The lowest BCUT2D eigenvalue weighted by Gasteiger charge is -2.27. The molecule has 0 saturated carbocycles. The molecule has 1 amide bonds. The molecule has 0 aromatic heterocycles. The molecule has 6 heteroatoms. The Morgan fingerprint density at radius 3 is 2.81 bits per heavy atom. The Kier molecular flexibility index (Phi) is 3.99. The van der Waals surface area contributed by atoms with Crippen LogP contribution in [0.1, 0.15) is 24.8 Å². The number of hydrogen-bond acceptors (Lipinski definition) is 4. The summed E-state index contributed by atoms with van der Waals surface area (Å²) in [5.41, 5.74) is 1.99. The van der Waals surface area contributed by atoms with Gasteiger partial charge in [-0.25, -0.2) is 8.42 Å². The fourth-order valence-electron chi connectivity index (χ4n) is 3.11. The molecule has 0 bridgehead atoms. The van der Waals surface area contributed by atoms with Crippen molar-refractivity contribution in [3.63, 3.8) is 0 Å². The zero-order chi connectivity index (χ0) is 14.9. The number of sulfone groups is 1. The number of nitrogens with one attached hydrogen (secondary N) is 2. The van der Waals surface area contributed by atoms with Crippen molar-refractivity contribution in [2.45, 2.75) is 37.8 Å². The molecule has 1 saturated heterocycles. The Bertz CT molecular complexity index is 642. The van der Waals surface area contributed by atoms with Crippen LogP contribution in [0.4, 0.5) is 5.69 Å². The first-order valence-electron chi connectivity index (χ1n) is 7.39. The van der Waals surface area contributed by atoms with E-state index in [1.54, 1.807) is 0 Å². The summed E-state index contributed by atoms with van der Waals surface area (Å²) in [7, 11) is -2.96. The molecule has 2 N–H and O–H groups in total. The van der Waals surface area contributed by atoms with Crippen molar-refractivity contribution >= 4 is 21.4 Å². The maximum atomic E-state index is 12.3. The van der Waals surface area contributed by atoms with E-state index in [2.05, 4.69) is 10.6 Å². The summed E-state index contributed by atoms with van der Waals surface area (Å²) in [6, 6.07) is 7.35. The van der Waals surface area contributed by atoms with Crippen LogP contribution in [0.25, 0.3) is 0 Å². The molecule has 2 atom stereocenters. The average Bonchev–Trinajstić information content (AvgIpc) is 2.58. The number of carbonyl (C=O) groups excluding carboxylic acids is 1.